The molecule has 0 aromatic heterocycles. The Kier molecular flexibility index (Phi) is 7.57. The number of nitrogens with one attached hydrogen (secondary N) is 1. The van der Waals surface area contributed by atoms with Gasteiger partial charge in [0.25, 0.3) is 0 Å². The van der Waals surface area contributed by atoms with Crippen LogP contribution in [-0.4, -0.2) is 12.2 Å². The molecule has 3 unspecified atom stereocenters. The molecule has 0 spiro atoms. The van der Waals surface area contributed by atoms with Gasteiger partial charge < -0.3 is 10.4 Å². The van der Waals surface area contributed by atoms with Crippen LogP contribution in [0.5, 0.6) is 5.75 Å². The first-order chi connectivity index (χ1) is 15.2. The molecule has 2 aliphatic carbocycles. The van der Waals surface area contributed by atoms with Crippen LogP contribution in [-0.2, 0) is 19.4 Å². The van der Waals surface area contributed by atoms with Gasteiger partial charge in [0.2, 0.25) is 0 Å². The Labute approximate surface area is 188 Å². The SMILES string of the molecule is CNCc1ccccc1Pc1cc(CC2C=CC=CC2)cc(CC2C=CC=CC2)c1O. The van der Waals surface area contributed by atoms with E-state index in [1.54, 1.807) is 0 Å². The summed E-state index contributed by atoms with van der Waals surface area (Å²) in [6.45, 7) is 0.842. The van der Waals surface area contributed by atoms with Crippen molar-refractivity contribution in [2.75, 3.05) is 7.05 Å². The summed E-state index contributed by atoms with van der Waals surface area (Å²) in [5.41, 5.74) is 3.73. The lowest BCUT2D eigenvalue weighted by molar-refractivity contribution is 0.467. The van der Waals surface area contributed by atoms with E-state index in [9.17, 15) is 5.11 Å². The van der Waals surface area contributed by atoms with Crippen molar-refractivity contribution in [2.45, 2.75) is 32.2 Å². The smallest absolute Gasteiger partial charge is 0.126 e. The summed E-state index contributed by atoms with van der Waals surface area (Å²) in [6, 6.07) is 13.1. The Morgan fingerprint density at radius 2 is 1.58 bits per heavy atom. The van der Waals surface area contributed by atoms with Crippen molar-refractivity contribution in [3.8, 4) is 5.75 Å². The molecule has 31 heavy (non-hydrogen) atoms. The fraction of sp³-hybridized carbons (Fsp3) is 0.286. The molecule has 3 heteroatoms. The molecule has 4 rings (SSSR count). The normalized spacial score (nSPS) is 20.2. The number of hydrogen-bond acceptors (Lipinski definition) is 2. The fourth-order valence-electron chi connectivity index (χ4n) is 4.41. The molecule has 2 aromatic carbocycles. The third-order valence-corrected chi connectivity index (χ3v) is 7.43. The molecule has 0 saturated carbocycles. The van der Waals surface area contributed by atoms with Gasteiger partial charge in [0.15, 0.2) is 0 Å². The maximum atomic E-state index is 11.3. The van der Waals surface area contributed by atoms with E-state index in [4.69, 9.17) is 0 Å². The zero-order valence-corrected chi connectivity index (χ0v) is 19.2. The van der Waals surface area contributed by atoms with E-state index in [0.717, 1.165) is 43.1 Å². The van der Waals surface area contributed by atoms with Crippen LogP contribution in [0.3, 0.4) is 0 Å². The minimum Gasteiger partial charge on any atom is -0.507 e. The molecule has 2 aromatic rings. The van der Waals surface area contributed by atoms with Gasteiger partial charge in [0.1, 0.15) is 5.75 Å². The summed E-state index contributed by atoms with van der Waals surface area (Å²) >= 11 is 0. The number of benzene rings is 2. The fourth-order valence-corrected chi connectivity index (χ4v) is 5.75. The van der Waals surface area contributed by atoms with Crippen LogP contribution in [0, 0.1) is 11.8 Å². The number of allylic oxidation sites excluding steroid dienone is 8. The first-order valence-electron chi connectivity index (χ1n) is 11.2. The maximum Gasteiger partial charge on any atom is 0.126 e. The Hall–Kier alpha value is -2.41. The van der Waals surface area contributed by atoms with E-state index in [0.29, 0.717) is 26.2 Å². The third kappa shape index (κ3) is 5.85. The highest BCUT2D eigenvalue weighted by Gasteiger charge is 2.17. The largest absolute Gasteiger partial charge is 0.507 e. The van der Waals surface area contributed by atoms with E-state index >= 15 is 0 Å². The first-order valence-corrected chi connectivity index (χ1v) is 12.2. The Morgan fingerprint density at radius 3 is 2.26 bits per heavy atom. The van der Waals surface area contributed by atoms with Crippen LogP contribution < -0.4 is 15.9 Å². The molecule has 0 radical (unpaired) electrons. The Morgan fingerprint density at radius 1 is 0.871 bits per heavy atom. The number of hydrogen-bond donors (Lipinski definition) is 2. The van der Waals surface area contributed by atoms with E-state index < -0.39 is 0 Å². The second kappa shape index (κ2) is 10.8. The van der Waals surface area contributed by atoms with E-state index in [1.807, 2.05) is 7.05 Å². The highest BCUT2D eigenvalue weighted by molar-refractivity contribution is 7.55. The van der Waals surface area contributed by atoms with Crippen LogP contribution in [0.2, 0.25) is 0 Å². The highest BCUT2D eigenvalue weighted by atomic mass is 31.1. The standard InChI is InChI=1S/C28H32NOP/c1-29-20-24-14-8-9-15-26(24)31-27-19-23(16-21-10-4-2-5-11-21)18-25(28(27)30)17-22-12-6-3-7-13-22/h2-10,12,14-15,18-19,21-22,29-31H,11,13,16-17,20H2,1H3. The molecule has 2 nitrogen and oxygen atoms in total. The predicted octanol–water partition coefficient (Wildman–Crippen LogP) is 5.09. The van der Waals surface area contributed by atoms with Crippen LogP contribution in [0.4, 0.5) is 0 Å². The first kappa shape index (κ1) is 21.8. The van der Waals surface area contributed by atoms with Crippen molar-refractivity contribution >= 4 is 19.2 Å². The summed E-state index contributed by atoms with van der Waals surface area (Å²) in [4.78, 5) is 0. The van der Waals surface area contributed by atoms with Gasteiger partial charge in [0.05, 0.1) is 0 Å². The van der Waals surface area contributed by atoms with Crippen LogP contribution in [0.15, 0.2) is 85.0 Å². The molecular weight excluding hydrogens is 397 g/mol. The van der Waals surface area contributed by atoms with Gasteiger partial charge in [0, 0.05) is 11.8 Å². The molecular formula is C28H32NOP. The van der Waals surface area contributed by atoms with Crippen LogP contribution in [0.25, 0.3) is 0 Å². The van der Waals surface area contributed by atoms with Gasteiger partial charge in [-0.15, -0.1) is 0 Å². The topological polar surface area (TPSA) is 32.3 Å². The van der Waals surface area contributed by atoms with Crippen molar-refractivity contribution in [3.63, 3.8) is 0 Å². The zero-order valence-electron chi connectivity index (χ0n) is 18.2. The minimum absolute atomic E-state index is 0.447. The quantitative estimate of drug-likeness (QED) is 0.573. The lowest BCUT2D eigenvalue weighted by Gasteiger charge is -2.20. The molecule has 0 saturated heterocycles. The lowest BCUT2D eigenvalue weighted by Crippen LogP contribution is -2.16. The number of aromatic hydroxyl groups is 1. The Balaban J connectivity index is 1.65. The Bertz CT molecular complexity index is 1020. The molecule has 2 N–H and O–H groups in total. The zero-order chi connectivity index (χ0) is 21.5. The summed E-state index contributed by atoms with van der Waals surface area (Å²) < 4.78 is 0. The predicted molar refractivity (Wildman–Crippen MR) is 135 cm³/mol. The number of phenolic OH excluding ortho intramolecular Hbond substituents is 1. The maximum absolute atomic E-state index is 11.3. The third-order valence-electron chi connectivity index (χ3n) is 6.02. The molecule has 0 aliphatic heterocycles. The van der Waals surface area contributed by atoms with Gasteiger partial charge in [-0.05, 0) is 72.6 Å². The molecule has 0 heterocycles. The molecule has 0 amide bonds. The summed E-state index contributed by atoms with van der Waals surface area (Å²) in [5.74, 6) is 1.48. The van der Waals surface area contributed by atoms with Gasteiger partial charge in [-0.25, -0.2) is 0 Å². The molecule has 0 bridgehead atoms. The van der Waals surface area contributed by atoms with Gasteiger partial charge in [-0.3, -0.25) is 0 Å². The van der Waals surface area contributed by atoms with Crippen molar-refractivity contribution in [1.29, 1.82) is 0 Å². The van der Waals surface area contributed by atoms with Crippen LogP contribution >= 0.6 is 8.58 Å². The van der Waals surface area contributed by atoms with Gasteiger partial charge >= 0.3 is 0 Å². The molecule has 0 fully saturated rings. The lowest BCUT2D eigenvalue weighted by atomic mass is 9.89. The number of rotatable bonds is 8. The van der Waals surface area contributed by atoms with E-state index in [-0.39, 0.29) is 0 Å². The highest BCUT2D eigenvalue weighted by Crippen LogP contribution is 2.30. The van der Waals surface area contributed by atoms with Crippen LogP contribution in [0.1, 0.15) is 29.5 Å². The van der Waals surface area contributed by atoms with Crippen molar-refractivity contribution < 1.29 is 5.11 Å². The molecule has 2 aliphatic rings. The molecule has 160 valence electrons. The van der Waals surface area contributed by atoms with Crippen molar-refractivity contribution in [1.82, 2.24) is 5.32 Å². The minimum atomic E-state index is 0.447. The van der Waals surface area contributed by atoms with Gasteiger partial charge in [-0.2, -0.15) is 0 Å². The number of phenols is 1. The summed E-state index contributed by atoms with van der Waals surface area (Å²) in [5, 5.41) is 16.9. The van der Waals surface area contributed by atoms with E-state index in [2.05, 4.69) is 90.3 Å². The van der Waals surface area contributed by atoms with E-state index in [1.165, 1.54) is 16.4 Å². The second-order valence-electron chi connectivity index (χ2n) is 8.49. The summed E-state index contributed by atoms with van der Waals surface area (Å²) in [7, 11) is 2.43. The van der Waals surface area contributed by atoms with Crippen molar-refractivity contribution in [3.05, 3.63) is 102 Å². The second-order valence-corrected chi connectivity index (χ2v) is 9.82. The van der Waals surface area contributed by atoms with Gasteiger partial charge in [-0.1, -0.05) is 87.5 Å². The van der Waals surface area contributed by atoms with Crippen molar-refractivity contribution in [2.24, 2.45) is 11.8 Å². The average molecular weight is 430 g/mol. The summed E-state index contributed by atoms with van der Waals surface area (Å²) in [6.07, 6.45) is 21.6. The average Bonchev–Trinajstić information content (AvgIpc) is 2.80. The monoisotopic (exact) mass is 429 g/mol. The molecule has 3 atom stereocenters.